The Kier molecular flexibility index (Phi) is 4.57. The molecule has 2 rings (SSSR count). The molecule has 0 aliphatic carbocycles. The molecule has 1 N–H and O–H groups in total. The van der Waals surface area contributed by atoms with Gasteiger partial charge in [-0.3, -0.25) is 9.52 Å². The van der Waals surface area contributed by atoms with Crippen LogP contribution in [0, 0.1) is 6.92 Å². The summed E-state index contributed by atoms with van der Waals surface area (Å²) in [6, 6.07) is 6.53. The van der Waals surface area contributed by atoms with Crippen molar-refractivity contribution in [3.8, 4) is 0 Å². The van der Waals surface area contributed by atoms with E-state index in [1.165, 1.54) is 18.3 Å². The number of rotatable bonds is 3. The van der Waals surface area contributed by atoms with Gasteiger partial charge in [0.15, 0.2) is 5.78 Å². The molecule has 1 aliphatic heterocycles. The lowest BCUT2D eigenvalue weighted by molar-refractivity contribution is -0.115. The van der Waals surface area contributed by atoms with Crippen molar-refractivity contribution in [3.63, 3.8) is 0 Å². The van der Waals surface area contributed by atoms with Crippen LogP contribution in [0.25, 0.3) is 0 Å². The molecule has 0 amide bonds. The highest BCUT2D eigenvalue weighted by Crippen LogP contribution is 2.13. The summed E-state index contributed by atoms with van der Waals surface area (Å²) in [6.07, 6.45) is 2.00. The molecule has 6 heteroatoms. The van der Waals surface area contributed by atoms with Gasteiger partial charge in [-0.2, -0.15) is 0 Å². The Morgan fingerprint density at radius 1 is 1.15 bits per heavy atom. The highest BCUT2D eigenvalue weighted by molar-refractivity contribution is 7.89. The average molecular weight is 295 g/mol. The first-order valence-electron chi connectivity index (χ1n) is 6.38. The van der Waals surface area contributed by atoms with Crippen LogP contribution in [0.5, 0.6) is 0 Å². The van der Waals surface area contributed by atoms with Gasteiger partial charge in [-0.15, -0.1) is 0 Å². The van der Waals surface area contributed by atoms with Crippen LogP contribution in [0.2, 0.25) is 0 Å². The van der Waals surface area contributed by atoms with Crippen LogP contribution in [0.1, 0.15) is 18.4 Å². The highest BCUT2D eigenvalue weighted by atomic mass is 32.2. The van der Waals surface area contributed by atoms with Crippen molar-refractivity contribution in [3.05, 3.63) is 41.6 Å². The van der Waals surface area contributed by atoms with Gasteiger partial charge in [0.2, 0.25) is 0 Å². The van der Waals surface area contributed by atoms with Crippen molar-refractivity contribution < 1.29 is 17.9 Å². The van der Waals surface area contributed by atoms with E-state index in [2.05, 4.69) is 4.72 Å². The fourth-order valence-electron chi connectivity index (χ4n) is 1.84. The number of aryl methyl sites for hydroxylation is 1. The average Bonchev–Trinajstić information content (AvgIpc) is 2.62. The summed E-state index contributed by atoms with van der Waals surface area (Å²) in [7, 11) is -3.63. The summed E-state index contributed by atoms with van der Waals surface area (Å²) in [4.78, 5) is 11.9. The molecule has 0 unspecified atom stereocenters. The van der Waals surface area contributed by atoms with Crippen LogP contribution in [0.15, 0.2) is 40.9 Å². The Balaban J connectivity index is 2.15. The number of hydrogen-bond acceptors (Lipinski definition) is 4. The highest BCUT2D eigenvalue weighted by Gasteiger charge is 2.16. The van der Waals surface area contributed by atoms with Gasteiger partial charge in [0.05, 0.1) is 18.1 Å². The lowest BCUT2D eigenvalue weighted by Crippen LogP contribution is -2.20. The van der Waals surface area contributed by atoms with Gasteiger partial charge in [0.25, 0.3) is 10.0 Å². The molecule has 1 saturated heterocycles. The number of nitrogens with one attached hydrogen (secondary N) is 1. The summed E-state index contributed by atoms with van der Waals surface area (Å²) in [5.74, 6) is -0.0749. The first-order chi connectivity index (χ1) is 9.49. The van der Waals surface area contributed by atoms with Crippen LogP contribution in [-0.2, 0) is 19.6 Å². The minimum Gasteiger partial charge on any atom is -0.381 e. The van der Waals surface area contributed by atoms with E-state index in [1.807, 2.05) is 6.92 Å². The van der Waals surface area contributed by atoms with E-state index in [9.17, 15) is 13.2 Å². The van der Waals surface area contributed by atoms with Crippen LogP contribution in [0.4, 0.5) is 0 Å². The summed E-state index contributed by atoms with van der Waals surface area (Å²) in [5.41, 5.74) is 1.44. The fourth-order valence-corrected chi connectivity index (χ4v) is 2.76. The van der Waals surface area contributed by atoms with E-state index >= 15 is 0 Å². The Morgan fingerprint density at radius 2 is 1.80 bits per heavy atom. The van der Waals surface area contributed by atoms with E-state index in [1.54, 1.807) is 12.1 Å². The molecule has 1 aromatic rings. The molecular formula is C14H17NO4S. The van der Waals surface area contributed by atoms with Crippen molar-refractivity contribution in [2.45, 2.75) is 24.7 Å². The zero-order valence-electron chi connectivity index (χ0n) is 11.3. The molecule has 0 spiro atoms. The molecule has 108 valence electrons. The van der Waals surface area contributed by atoms with E-state index in [4.69, 9.17) is 4.74 Å². The van der Waals surface area contributed by atoms with E-state index < -0.39 is 10.0 Å². The van der Waals surface area contributed by atoms with E-state index in [-0.39, 0.29) is 17.1 Å². The Labute approximate surface area is 118 Å². The molecule has 0 radical (unpaired) electrons. The zero-order chi connectivity index (χ0) is 14.6. The maximum absolute atomic E-state index is 12.1. The van der Waals surface area contributed by atoms with Crippen molar-refractivity contribution in [2.75, 3.05) is 13.2 Å². The van der Waals surface area contributed by atoms with Gasteiger partial charge in [0, 0.05) is 24.6 Å². The lowest BCUT2D eigenvalue weighted by atomic mass is 10.1. The minimum absolute atomic E-state index is 0.0749. The SMILES string of the molecule is Cc1ccc(S(=O)(=O)N/C=C2/CCOCCC2=O)cc1. The van der Waals surface area contributed by atoms with E-state index in [0.29, 0.717) is 25.2 Å². The molecule has 20 heavy (non-hydrogen) atoms. The summed E-state index contributed by atoms with van der Waals surface area (Å²) in [5, 5.41) is 0. The monoisotopic (exact) mass is 295 g/mol. The maximum Gasteiger partial charge on any atom is 0.261 e. The van der Waals surface area contributed by atoms with Crippen molar-refractivity contribution in [1.82, 2.24) is 4.72 Å². The van der Waals surface area contributed by atoms with Gasteiger partial charge < -0.3 is 4.74 Å². The third-order valence-electron chi connectivity index (χ3n) is 3.07. The molecule has 5 nitrogen and oxygen atoms in total. The number of ether oxygens (including phenoxy) is 1. The summed E-state index contributed by atoms with van der Waals surface area (Å²) >= 11 is 0. The molecule has 1 fully saturated rings. The lowest BCUT2D eigenvalue weighted by Gasteiger charge is -2.06. The smallest absolute Gasteiger partial charge is 0.261 e. The van der Waals surface area contributed by atoms with Crippen LogP contribution >= 0.6 is 0 Å². The summed E-state index contributed by atoms with van der Waals surface area (Å²) in [6.45, 7) is 2.71. The predicted molar refractivity (Wildman–Crippen MR) is 74.6 cm³/mol. The number of ketones is 1. The molecule has 0 saturated carbocycles. The third-order valence-corrected chi connectivity index (χ3v) is 4.39. The largest absolute Gasteiger partial charge is 0.381 e. The zero-order valence-corrected chi connectivity index (χ0v) is 12.1. The van der Waals surface area contributed by atoms with Gasteiger partial charge >= 0.3 is 0 Å². The van der Waals surface area contributed by atoms with Crippen molar-refractivity contribution in [1.29, 1.82) is 0 Å². The maximum atomic E-state index is 12.1. The van der Waals surface area contributed by atoms with Gasteiger partial charge in [-0.25, -0.2) is 8.42 Å². The van der Waals surface area contributed by atoms with E-state index in [0.717, 1.165) is 5.56 Å². The van der Waals surface area contributed by atoms with Crippen molar-refractivity contribution in [2.24, 2.45) is 0 Å². The minimum atomic E-state index is -3.63. The second kappa shape index (κ2) is 6.19. The molecule has 1 aromatic carbocycles. The first-order valence-corrected chi connectivity index (χ1v) is 7.86. The topological polar surface area (TPSA) is 72.5 Å². The number of hydrogen-bond donors (Lipinski definition) is 1. The predicted octanol–water partition coefficient (Wildman–Crippen LogP) is 1.54. The molecule has 0 bridgehead atoms. The molecule has 0 aromatic heterocycles. The molecule has 0 atom stereocenters. The van der Waals surface area contributed by atoms with Gasteiger partial charge in [-0.05, 0) is 19.1 Å². The summed E-state index contributed by atoms with van der Waals surface area (Å²) < 4.78 is 31.7. The Hall–Kier alpha value is -1.66. The Morgan fingerprint density at radius 3 is 2.50 bits per heavy atom. The first kappa shape index (κ1) is 14.7. The Bertz CT molecular complexity index is 617. The standard InChI is InChI=1S/C14H17NO4S/c1-11-2-4-13(5-3-11)20(17,18)15-10-12-6-8-19-9-7-14(12)16/h2-5,10,15H,6-9H2,1H3/b12-10-. The van der Waals surface area contributed by atoms with Crippen LogP contribution in [0.3, 0.4) is 0 Å². The molecule has 1 heterocycles. The number of sulfonamides is 1. The normalized spacial score (nSPS) is 18.9. The number of benzene rings is 1. The second-order valence-electron chi connectivity index (χ2n) is 4.64. The molecule has 1 aliphatic rings. The quantitative estimate of drug-likeness (QED) is 0.859. The molecular weight excluding hydrogens is 278 g/mol. The van der Waals surface area contributed by atoms with Crippen molar-refractivity contribution >= 4 is 15.8 Å². The number of carbonyl (C=O) groups excluding carboxylic acids is 1. The van der Waals surface area contributed by atoms with Gasteiger partial charge in [0.1, 0.15) is 0 Å². The van der Waals surface area contributed by atoms with Crippen LogP contribution in [-0.4, -0.2) is 27.4 Å². The number of Topliss-reactive ketones (excluding diaryl/α,β-unsaturated/α-hetero) is 1. The third kappa shape index (κ3) is 3.68. The number of carbonyl (C=O) groups is 1. The fraction of sp³-hybridized carbons (Fsp3) is 0.357. The van der Waals surface area contributed by atoms with Gasteiger partial charge in [-0.1, -0.05) is 17.7 Å². The second-order valence-corrected chi connectivity index (χ2v) is 6.35. The van der Waals surface area contributed by atoms with Crippen LogP contribution < -0.4 is 4.72 Å².